The van der Waals surface area contributed by atoms with Gasteiger partial charge in [0.05, 0.1) is 15.9 Å². The number of hydrogen-bond acceptors (Lipinski definition) is 7. The number of nitrogens with two attached hydrogens (primary N) is 1. The molecule has 7 heteroatoms. The molecular formula is C37H57N5OS. The fourth-order valence-corrected chi connectivity index (χ4v) is 8.01. The molecule has 0 aliphatic carbocycles. The Hall–Kier alpha value is -2.25. The molecule has 3 aliphatic heterocycles. The van der Waals surface area contributed by atoms with Crippen molar-refractivity contribution in [3.63, 3.8) is 0 Å². The lowest BCUT2D eigenvalue weighted by molar-refractivity contribution is 0.0305. The normalized spacial score (nSPS) is 24.8. The summed E-state index contributed by atoms with van der Waals surface area (Å²) in [6.45, 7) is 3.42. The SMILES string of the molecule is Nc1nc2ccc(-c3ccc(OC4CN5CCCCCCCCCCCCCCCCCCCCCC4CC5)nn3)cc2s1. The number of ether oxygens (including phenoxy) is 1. The van der Waals surface area contributed by atoms with Gasteiger partial charge in [-0.3, -0.25) is 4.90 Å². The van der Waals surface area contributed by atoms with Crippen LogP contribution in [-0.4, -0.2) is 45.8 Å². The number of hydrogen-bond donors (Lipinski definition) is 1. The lowest BCUT2D eigenvalue weighted by Crippen LogP contribution is -2.47. The molecule has 3 unspecified atom stereocenters. The number of anilines is 1. The standard InChI is InChI=1S/C37H57N5OS/c38-37-39-33-22-21-31(28-35(33)44-37)32-23-24-36(41-40-32)43-34-29-42-26-19-17-15-13-11-9-7-5-3-1-2-4-6-8-10-12-14-16-18-20-30(34)25-27-42/h21-24,28,30,34H,1-20,25-27,29H2,(H2,38,39). The van der Waals surface area contributed by atoms with Crippen molar-refractivity contribution in [1.29, 1.82) is 0 Å². The van der Waals surface area contributed by atoms with E-state index in [0.717, 1.165) is 28.0 Å². The second-order valence-electron chi connectivity index (χ2n) is 13.5. The van der Waals surface area contributed by atoms with Crippen molar-refractivity contribution in [2.45, 2.75) is 141 Å². The van der Waals surface area contributed by atoms with Crippen LogP contribution in [0.2, 0.25) is 0 Å². The molecule has 5 heterocycles. The molecule has 1 aromatic carbocycles. The van der Waals surface area contributed by atoms with Crippen LogP contribution in [0.1, 0.15) is 135 Å². The highest BCUT2D eigenvalue weighted by Crippen LogP contribution is 2.30. The van der Waals surface area contributed by atoms with Gasteiger partial charge in [0.1, 0.15) is 6.10 Å². The molecule has 2 N–H and O–H groups in total. The Balaban J connectivity index is 1.15. The highest BCUT2D eigenvalue weighted by atomic mass is 32.1. The molecule has 3 aromatic rings. The van der Waals surface area contributed by atoms with Crippen molar-refractivity contribution in [3.05, 3.63) is 30.3 Å². The number of nitrogens with zero attached hydrogens (tertiary/aromatic N) is 4. The van der Waals surface area contributed by atoms with E-state index in [9.17, 15) is 0 Å². The fraction of sp³-hybridized carbons (Fsp3) is 0.703. The van der Waals surface area contributed by atoms with Crippen LogP contribution in [0.15, 0.2) is 30.3 Å². The summed E-state index contributed by atoms with van der Waals surface area (Å²) in [4.78, 5) is 7.02. The Morgan fingerprint density at radius 1 is 0.659 bits per heavy atom. The molecule has 3 atom stereocenters. The minimum atomic E-state index is 0.190. The molecule has 0 amide bonds. The number of fused-ring (bicyclic) bond motifs is 23. The molecule has 6 nitrogen and oxygen atoms in total. The molecule has 44 heavy (non-hydrogen) atoms. The summed E-state index contributed by atoms with van der Waals surface area (Å²) in [5.74, 6) is 1.25. The lowest BCUT2D eigenvalue weighted by atomic mass is 9.88. The first-order valence-electron chi connectivity index (χ1n) is 18.1. The third-order valence-corrected chi connectivity index (χ3v) is 10.8. The lowest BCUT2D eigenvalue weighted by Gasteiger charge is -2.38. The fourth-order valence-electron chi connectivity index (χ4n) is 7.24. The summed E-state index contributed by atoms with van der Waals surface area (Å²) < 4.78 is 7.72. The molecule has 6 rings (SSSR count). The molecule has 3 fully saturated rings. The van der Waals surface area contributed by atoms with Crippen LogP contribution in [0.4, 0.5) is 5.13 Å². The van der Waals surface area contributed by atoms with Gasteiger partial charge >= 0.3 is 0 Å². The molecule has 2 bridgehead atoms. The summed E-state index contributed by atoms with van der Waals surface area (Å²) in [6, 6.07) is 10.2. The molecule has 0 spiro atoms. The summed E-state index contributed by atoms with van der Waals surface area (Å²) in [5, 5.41) is 9.69. The van der Waals surface area contributed by atoms with Crippen molar-refractivity contribution in [2.24, 2.45) is 5.92 Å². The van der Waals surface area contributed by atoms with Gasteiger partial charge in [-0.25, -0.2) is 4.98 Å². The zero-order valence-corrected chi connectivity index (χ0v) is 28.0. The van der Waals surface area contributed by atoms with E-state index in [1.54, 1.807) is 0 Å². The molecular weight excluding hydrogens is 563 g/mol. The van der Waals surface area contributed by atoms with Gasteiger partial charge in [-0.2, -0.15) is 0 Å². The van der Waals surface area contributed by atoms with Gasteiger partial charge in [0.15, 0.2) is 5.13 Å². The molecule has 3 saturated heterocycles. The summed E-state index contributed by atoms with van der Waals surface area (Å²) >= 11 is 1.51. The number of aromatic nitrogens is 3. The second-order valence-corrected chi connectivity index (χ2v) is 14.6. The quantitative estimate of drug-likeness (QED) is 0.314. The number of thiazole rings is 1. The highest BCUT2D eigenvalue weighted by Gasteiger charge is 2.30. The minimum absolute atomic E-state index is 0.190. The highest BCUT2D eigenvalue weighted by molar-refractivity contribution is 7.22. The largest absolute Gasteiger partial charge is 0.472 e. The number of rotatable bonds is 3. The summed E-state index contributed by atoms with van der Waals surface area (Å²) in [5.41, 5.74) is 8.71. The van der Waals surface area contributed by atoms with E-state index in [4.69, 9.17) is 10.5 Å². The van der Waals surface area contributed by atoms with E-state index in [1.807, 2.05) is 24.3 Å². The topological polar surface area (TPSA) is 77.2 Å². The Morgan fingerprint density at radius 2 is 1.27 bits per heavy atom. The van der Waals surface area contributed by atoms with Crippen molar-refractivity contribution in [3.8, 4) is 17.1 Å². The van der Waals surface area contributed by atoms with Gasteiger partial charge in [0.2, 0.25) is 5.88 Å². The summed E-state index contributed by atoms with van der Waals surface area (Å²) in [7, 11) is 0. The van der Waals surface area contributed by atoms with Gasteiger partial charge in [-0.05, 0) is 56.5 Å². The average Bonchev–Trinajstić information content (AvgIpc) is 3.42. The monoisotopic (exact) mass is 619 g/mol. The second kappa shape index (κ2) is 18.7. The van der Waals surface area contributed by atoms with Crippen LogP contribution in [0, 0.1) is 5.92 Å². The van der Waals surface area contributed by atoms with E-state index in [2.05, 4.69) is 26.1 Å². The van der Waals surface area contributed by atoms with Crippen LogP contribution in [0.25, 0.3) is 21.5 Å². The first kappa shape index (κ1) is 33.1. The van der Waals surface area contributed by atoms with Crippen LogP contribution in [-0.2, 0) is 0 Å². The molecule has 2 aromatic heterocycles. The minimum Gasteiger partial charge on any atom is -0.472 e. The van der Waals surface area contributed by atoms with E-state index in [-0.39, 0.29) is 6.10 Å². The Morgan fingerprint density at radius 3 is 1.89 bits per heavy atom. The smallest absolute Gasteiger partial charge is 0.233 e. The van der Waals surface area contributed by atoms with Gasteiger partial charge in [-0.15, -0.1) is 10.2 Å². The molecule has 0 radical (unpaired) electrons. The number of nitrogen functional groups attached to an aromatic ring is 1. The Labute approximate surface area is 270 Å². The molecule has 0 saturated carbocycles. The predicted molar refractivity (Wildman–Crippen MR) is 186 cm³/mol. The maximum absolute atomic E-state index is 6.64. The van der Waals surface area contributed by atoms with Gasteiger partial charge in [-0.1, -0.05) is 133 Å². The van der Waals surface area contributed by atoms with Crippen LogP contribution < -0.4 is 10.5 Å². The zero-order chi connectivity index (χ0) is 30.2. The van der Waals surface area contributed by atoms with Crippen LogP contribution in [0.3, 0.4) is 0 Å². The first-order valence-corrected chi connectivity index (χ1v) is 19.0. The zero-order valence-electron chi connectivity index (χ0n) is 27.2. The Kier molecular flexibility index (Phi) is 14.0. The van der Waals surface area contributed by atoms with Crippen LogP contribution >= 0.6 is 11.3 Å². The van der Waals surface area contributed by atoms with Crippen molar-refractivity contribution < 1.29 is 4.74 Å². The molecule has 242 valence electrons. The van der Waals surface area contributed by atoms with Crippen LogP contribution in [0.5, 0.6) is 5.88 Å². The van der Waals surface area contributed by atoms with Crippen molar-refractivity contribution >= 4 is 26.7 Å². The van der Waals surface area contributed by atoms with Crippen molar-refractivity contribution in [1.82, 2.24) is 20.1 Å². The van der Waals surface area contributed by atoms with E-state index < -0.39 is 0 Å². The first-order chi connectivity index (χ1) is 21.7. The van der Waals surface area contributed by atoms with E-state index >= 15 is 0 Å². The average molecular weight is 620 g/mol. The third kappa shape index (κ3) is 11.0. The molecule has 3 aliphatic rings. The maximum atomic E-state index is 6.64. The summed E-state index contributed by atoms with van der Waals surface area (Å²) in [6.07, 6.45) is 29.5. The maximum Gasteiger partial charge on any atom is 0.233 e. The number of benzene rings is 1. The Bertz CT molecular complexity index is 1210. The predicted octanol–water partition coefficient (Wildman–Crippen LogP) is 10.2. The van der Waals surface area contributed by atoms with Gasteiger partial charge in [0, 0.05) is 18.2 Å². The number of piperidine rings is 1. The van der Waals surface area contributed by atoms with E-state index in [0.29, 0.717) is 16.9 Å². The van der Waals surface area contributed by atoms with E-state index in [1.165, 1.54) is 159 Å². The van der Waals surface area contributed by atoms with Crippen molar-refractivity contribution in [2.75, 3.05) is 25.4 Å². The van der Waals surface area contributed by atoms with Gasteiger partial charge < -0.3 is 10.5 Å². The van der Waals surface area contributed by atoms with Gasteiger partial charge in [0.25, 0.3) is 0 Å². The third-order valence-electron chi connectivity index (χ3n) is 9.94.